The largest absolute Gasteiger partial charge is 0.508 e. The first kappa shape index (κ1) is 11.6. The summed E-state index contributed by atoms with van der Waals surface area (Å²) in [6, 6.07) is 4.28. The Balaban J connectivity index is 2.32. The Labute approximate surface area is 99.2 Å². The van der Waals surface area contributed by atoms with Crippen molar-refractivity contribution >= 4 is 11.7 Å². The van der Waals surface area contributed by atoms with E-state index in [1.54, 1.807) is 17.0 Å². The van der Waals surface area contributed by atoms with Crippen LogP contribution in [0.2, 0.25) is 0 Å². The van der Waals surface area contributed by atoms with Crippen molar-refractivity contribution in [1.29, 1.82) is 0 Å². The van der Waals surface area contributed by atoms with Crippen molar-refractivity contribution in [3.63, 3.8) is 0 Å². The quantitative estimate of drug-likeness (QED) is 0.832. The lowest BCUT2D eigenvalue weighted by Crippen LogP contribution is -2.35. The molecule has 0 aliphatic carbocycles. The van der Waals surface area contributed by atoms with Gasteiger partial charge in [-0.1, -0.05) is 0 Å². The maximum absolute atomic E-state index is 11.1. The van der Waals surface area contributed by atoms with Gasteiger partial charge in [0.15, 0.2) is 0 Å². The number of carboxylic acid groups (broad SMARTS) is 1. The second kappa shape index (κ2) is 4.53. The fourth-order valence-corrected chi connectivity index (χ4v) is 2.18. The van der Waals surface area contributed by atoms with E-state index in [2.05, 4.69) is 0 Å². The monoisotopic (exact) mass is 237 g/mol. The van der Waals surface area contributed by atoms with Crippen LogP contribution in [0.1, 0.15) is 12.8 Å². The van der Waals surface area contributed by atoms with Gasteiger partial charge in [-0.25, -0.2) is 4.79 Å². The number of benzene rings is 1. The molecule has 0 bridgehead atoms. The van der Waals surface area contributed by atoms with Crippen LogP contribution in [0.4, 0.5) is 5.69 Å². The number of aliphatic carboxylic acids is 1. The second-order valence-corrected chi connectivity index (χ2v) is 4.08. The van der Waals surface area contributed by atoms with E-state index in [-0.39, 0.29) is 5.75 Å². The standard InChI is InChI=1S/C12H15NO4/c1-17-10-6-8(5-9(14)7-10)13-4-2-3-11(13)12(15)16/h5-7,11,14H,2-4H2,1H3,(H,15,16). The minimum absolute atomic E-state index is 0.0791. The maximum Gasteiger partial charge on any atom is 0.326 e. The van der Waals surface area contributed by atoms with Gasteiger partial charge in [-0.15, -0.1) is 0 Å². The number of hydrogen-bond donors (Lipinski definition) is 2. The predicted octanol–water partition coefficient (Wildman–Crippen LogP) is 1.45. The van der Waals surface area contributed by atoms with Gasteiger partial charge in [-0.05, 0) is 12.8 Å². The molecule has 0 spiro atoms. The minimum atomic E-state index is -0.829. The Kier molecular flexibility index (Phi) is 3.08. The zero-order valence-electron chi connectivity index (χ0n) is 9.59. The van der Waals surface area contributed by atoms with E-state index in [0.717, 1.165) is 6.42 Å². The van der Waals surface area contributed by atoms with Gasteiger partial charge in [0.25, 0.3) is 0 Å². The zero-order valence-corrected chi connectivity index (χ0v) is 9.59. The lowest BCUT2D eigenvalue weighted by molar-refractivity contribution is -0.138. The van der Waals surface area contributed by atoms with E-state index in [1.807, 2.05) is 0 Å². The van der Waals surface area contributed by atoms with Crippen LogP contribution in [0.3, 0.4) is 0 Å². The van der Waals surface area contributed by atoms with Crippen molar-refractivity contribution < 1.29 is 19.7 Å². The molecule has 0 aromatic heterocycles. The molecule has 1 aliphatic rings. The maximum atomic E-state index is 11.1. The van der Waals surface area contributed by atoms with Crippen molar-refractivity contribution in [2.45, 2.75) is 18.9 Å². The van der Waals surface area contributed by atoms with Crippen LogP contribution in [0, 0.1) is 0 Å². The molecular formula is C12H15NO4. The molecular weight excluding hydrogens is 222 g/mol. The number of carboxylic acids is 1. The molecule has 0 amide bonds. The van der Waals surface area contributed by atoms with Crippen LogP contribution in [0.15, 0.2) is 18.2 Å². The zero-order chi connectivity index (χ0) is 12.4. The lowest BCUT2D eigenvalue weighted by Gasteiger charge is -2.24. The minimum Gasteiger partial charge on any atom is -0.508 e. The number of methoxy groups -OCH3 is 1. The van der Waals surface area contributed by atoms with Crippen LogP contribution in [-0.4, -0.2) is 35.9 Å². The SMILES string of the molecule is COc1cc(O)cc(N2CCCC2C(=O)O)c1. The van der Waals surface area contributed by atoms with Crippen molar-refractivity contribution in [2.24, 2.45) is 0 Å². The molecule has 92 valence electrons. The Bertz CT molecular complexity index is 433. The van der Waals surface area contributed by atoms with Crippen LogP contribution in [0.5, 0.6) is 11.5 Å². The summed E-state index contributed by atoms with van der Waals surface area (Å²) in [5.74, 6) is -0.226. The van der Waals surface area contributed by atoms with Gasteiger partial charge in [0.05, 0.1) is 7.11 Å². The molecule has 0 saturated carbocycles. The summed E-state index contributed by atoms with van der Waals surface area (Å²) in [7, 11) is 1.51. The van der Waals surface area contributed by atoms with Crippen LogP contribution in [0.25, 0.3) is 0 Å². The highest BCUT2D eigenvalue weighted by Crippen LogP contribution is 2.32. The summed E-state index contributed by atoms with van der Waals surface area (Å²) >= 11 is 0. The molecule has 1 heterocycles. The predicted molar refractivity (Wildman–Crippen MR) is 62.7 cm³/mol. The average molecular weight is 237 g/mol. The Morgan fingerprint density at radius 2 is 2.24 bits per heavy atom. The number of phenolic OH excluding ortho intramolecular Hbond substituents is 1. The van der Waals surface area contributed by atoms with Crippen molar-refractivity contribution in [3.05, 3.63) is 18.2 Å². The third-order valence-corrected chi connectivity index (χ3v) is 2.98. The number of ether oxygens (including phenoxy) is 1. The highest BCUT2D eigenvalue weighted by molar-refractivity contribution is 5.79. The number of nitrogens with zero attached hydrogens (tertiary/aromatic N) is 1. The van der Waals surface area contributed by atoms with Gasteiger partial charge in [-0.3, -0.25) is 0 Å². The average Bonchev–Trinajstić information content (AvgIpc) is 2.77. The number of anilines is 1. The Morgan fingerprint density at radius 1 is 1.47 bits per heavy atom. The van der Waals surface area contributed by atoms with Gasteiger partial charge >= 0.3 is 5.97 Å². The van der Waals surface area contributed by atoms with Crippen LogP contribution >= 0.6 is 0 Å². The first-order valence-electron chi connectivity index (χ1n) is 5.49. The van der Waals surface area contributed by atoms with Crippen molar-refractivity contribution in [2.75, 3.05) is 18.6 Å². The van der Waals surface area contributed by atoms with E-state index < -0.39 is 12.0 Å². The van der Waals surface area contributed by atoms with Gasteiger partial charge in [-0.2, -0.15) is 0 Å². The smallest absolute Gasteiger partial charge is 0.326 e. The molecule has 1 aliphatic heterocycles. The van der Waals surface area contributed by atoms with Crippen LogP contribution < -0.4 is 9.64 Å². The Hall–Kier alpha value is -1.91. The van der Waals surface area contributed by atoms with Crippen molar-refractivity contribution in [3.8, 4) is 11.5 Å². The molecule has 1 aromatic rings. The highest BCUT2D eigenvalue weighted by atomic mass is 16.5. The van der Waals surface area contributed by atoms with Gasteiger partial charge in [0.1, 0.15) is 17.5 Å². The van der Waals surface area contributed by atoms with Gasteiger partial charge in [0.2, 0.25) is 0 Å². The first-order chi connectivity index (χ1) is 8.11. The second-order valence-electron chi connectivity index (χ2n) is 4.08. The molecule has 0 radical (unpaired) electrons. The lowest BCUT2D eigenvalue weighted by atomic mass is 10.2. The van der Waals surface area contributed by atoms with E-state index in [9.17, 15) is 9.90 Å². The summed E-state index contributed by atoms with van der Waals surface area (Å²) < 4.78 is 5.06. The normalized spacial score (nSPS) is 19.4. The molecule has 2 N–H and O–H groups in total. The fourth-order valence-electron chi connectivity index (χ4n) is 2.18. The van der Waals surface area contributed by atoms with E-state index in [0.29, 0.717) is 24.4 Å². The number of hydrogen-bond acceptors (Lipinski definition) is 4. The van der Waals surface area contributed by atoms with E-state index in [4.69, 9.17) is 9.84 Å². The molecule has 5 heteroatoms. The molecule has 1 fully saturated rings. The molecule has 1 saturated heterocycles. The summed E-state index contributed by atoms with van der Waals surface area (Å²) in [4.78, 5) is 12.9. The highest BCUT2D eigenvalue weighted by Gasteiger charge is 2.30. The molecule has 1 unspecified atom stereocenters. The third kappa shape index (κ3) is 2.27. The number of rotatable bonds is 3. The van der Waals surface area contributed by atoms with Crippen LogP contribution in [-0.2, 0) is 4.79 Å². The number of phenols is 1. The third-order valence-electron chi connectivity index (χ3n) is 2.98. The summed E-state index contributed by atoms with van der Waals surface area (Å²) in [6.07, 6.45) is 1.47. The van der Waals surface area contributed by atoms with E-state index in [1.165, 1.54) is 13.2 Å². The Morgan fingerprint density at radius 3 is 2.88 bits per heavy atom. The molecule has 5 nitrogen and oxygen atoms in total. The van der Waals surface area contributed by atoms with Gasteiger partial charge < -0.3 is 19.8 Å². The topological polar surface area (TPSA) is 70.0 Å². The summed E-state index contributed by atoms with van der Waals surface area (Å²) in [5, 5.41) is 18.7. The number of aromatic hydroxyl groups is 1. The molecule has 1 aromatic carbocycles. The summed E-state index contributed by atoms with van der Waals surface area (Å²) in [5.41, 5.74) is 0.687. The first-order valence-corrected chi connectivity index (χ1v) is 5.49. The van der Waals surface area contributed by atoms with E-state index >= 15 is 0 Å². The summed E-state index contributed by atoms with van der Waals surface area (Å²) in [6.45, 7) is 0.684. The number of carbonyl (C=O) groups is 1. The van der Waals surface area contributed by atoms with Gasteiger partial charge in [0, 0.05) is 30.4 Å². The fraction of sp³-hybridized carbons (Fsp3) is 0.417. The molecule has 2 rings (SSSR count). The van der Waals surface area contributed by atoms with Crippen molar-refractivity contribution in [1.82, 2.24) is 0 Å². The molecule has 1 atom stereocenters. The molecule has 17 heavy (non-hydrogen) atoms.